The highest BCUT2D eigenvalue weighted by Crippen LogP contribution is 2.17. The average Bonchev–Trinajstić information content (AvgIpc) is 2.26. The van der Waals surface area contributed by atoms with Gasteiger partial charge in [0.15, 0.2) is 0 Å². The molecule has 0 N–H and O–H groups in total. The molecule has 0 aliphatic rings. The highest BCUT2D eigenvalue weighted by atomic mass is 16.5. The number of hydrogen-bond acceptors (Lipinski definition) is 2. The lowest BCUT2D eigenvalue weighted by Crippen LogP contribution is -2.01. The van der Waals surface area contributed by atoms with E-state index in [1.807, 2.05) is 0 Å². The second-order valence-electron chi connectivity index (χ2n) is 4.33. The van der Waals surface area contributed by atoms with E-state index < -0.39 is 0 Å². The van der Waals surface area contributed by atoms with Crippen LogP contribution < -0.4 is 0 Å². The number of carbonyl (C=O) groups is 1. The number of allylic oxidation sites excluding steroid dienone is 1. The maximum absolute atomic E-state index is 10.5. The highest BCUT2D eigenvalue weighted by Gasteiger charge is 2.03. The summed E-state index contributed by atoms with van der Waals surface area (Å²) in [5.74, 6) is 0.501. The lowest BCUT2D eigenvalue weighted by Gasteiger charge is -2.11. The van der Waals surface area contributed by atoms with Gasteiger partial charge in [-0.3, -0.25) is 4.79 Å². The van der Waals surface area contributed by atoms with E-state index in [1.54, 1.807) is 0 Å². The molecule has 0 bridgehead atoms. The molecule has 16 heavy (non-hydrogen) atoms. The van der Waals surface area contributed by atoms with Crippen LogP contribution in [0, 0.1) is 5.92 Å². The van der Waals surface area contributed by atoms with Gasteiger partial charge in [0.05, 0.1) is 6.61 Å². The van der Waals surface area contributed by atoms with Crippen LogP contribution in [0.4, 0.5) is 0 Å². The van der Waals surface area contributed by atoms with E-state index in [2.05, 4.69) is 19.6 Å². The highest BCUT2D eigenvalue weighted by molar-refractivity contribution is 5.65. The zero-order chi connectivity index (χ0) is 12.2. The van der Waals surface area contributed by atoms with Crippen LogP contribution in [-0.2, 0) is 9.53 Å². The number of ether oxygens (including phenoxy) is 1. The maximum atomic E-state index is 10.5. The Morgan fingerprint density at radius 2 is 1.94 bits per heavy atom. The largest absolute Gasteiger partial charge is 0.466 e. The molecule has 0 saturated heterocycles. The molecule has 0 aliphatic carbocycles. The third-order valence-electron chi connectivity index (χ3n) is 2.79. The van der Waals surface area contributed by atoms with Gasteiger partial charge >= 0.3 is 5.97 Å². The molecular formula is C14H26O2. The summed E-state index contributed by atoms with van der Waals surface area (Å²) in [6.07, 6.45) is 10.5. The van der Waals surface area contributed by atoms with Gasteiger partial charge in [0.25, 0.3) is 0 Å². The average molecular weight is 226 g/mol. The zero-order valence-corrected chi connectivity index (χ0v) is 10.8. The molecule has 0 radical (unpaired) electrons. The summed E-state index contributed by atoms with van der Waals surface area (Å²) in [7, 11) is 0. The van der Waals surface area contributed by atoms with Crippen molar-refractivity contribution in [2.45, 2.75) is 58.8 Å². The summed E-state index contributed by atoms with van der Waals surface area (Å²) in [5, 5.41) is 0. The van der Waals surface area contributed by atoms with E-state index in [9.17, 15) is 4.79 Å². The molecule has 0 fully saturated rings. The first-order valence-electron chi connectivity index (χ1n) is 6.46. The topological polar surface area (TPSA) is 26.3 Å². The van der Waals surface area contributed by atoms with Crippen LogP contribution in [0.5, 0.6) is 0 Å². The van der Waals surface area contributed by atoms with Crippen molar-refractivity contribution in [3.05, 3.63) is 12.7 Å². The van der Waals surface area contributed by atoms with Crippen molar-refractivity contribution < 1.29 is 9.53 Å². The number of carbonyl (C=O) groups excluding carboxylic acids is 1. The van der Waals surface area contributed by atoms with E-state index in [0.717, 1.165) is 12.8 Å². The van der Waals surface area contributed by atoms with E-state index >= 15 is 0 Å². The molecule has 0 aliphatic heterocycles. The Balaban J connectivity index is 3.33. The molecule has 0 spiro atoms. The minimum Gasteiger partial charge on any atom is -0.466 e. The van der Waals surface area contributed by atoms with Crippen LogP contribution in [0.3, 0.4) is 0 Å². The third kappa shape index (κ3) is 9.75. The molecule has 2 nitrogen and oxygen atoms in total. The Morgan fingerprint density at radius 1 is 1.25 bits per heavy atom. The maximum Gasteiger partial charge on any atom is 0.302 e. The standard InChI is InChI=1S/C14H26O2/c1-4-6-10-14(5-2)11-8-7-9-12-16-13(3)15/h5,14H,2,4,6-12H2,1,3H3. The monoisotopic (exact) mass is 226 g/mol. The van der Waals surface area contributed by atoms with Crippen LogP contribution >= 0.6 is 0 Å². The van der Waals surface area contributed by atoms with Crippen molar-refractivity contribution in [2.24, 2.45) is 5.92 Å². The van der Waals surface area contributed by atoms with Crippen LogP contribution in [0.25, 0.3) is 0 Å². The van der Waals surface area contributed by atoms with Gasteiger partial charge in [-0.25, -0.2) is 0 Å². The summed E-state index contributed by atoms with van der Waals surface area (Å²) in [4.78, 5) is 10.5. The van der Waals surface area contributed by atoms with E-state index in [0.29, 0.717) is 12.5 Å². The van der Waals surface area contributed by atoms with Gasteiger partial charge in [-0.15, -0.1) is 6.58 Å². The second kappa shape index (κ2) is 10.7. The molecule has 0 rings (SSSR count). The normalized spacial score (nSPS) is 12.1. The van der Waals surface area contributed by atoms with Gasteiger partial charge in [0.2, 0.25) is 0 Å². The van der Waals surface area contributed by atoms with Gasteiger partial charge in [0, 0.05) is 6.92 Å². The molecular weight excluding hydrogens is 200 g/mol. The SMILES string of the molecule is C=CC(CCCC)CCCCCOC(C)=O. The van der Waals surface area contributed by atoms with Crippen molar-refractivity contribution >= 4 is 5.97 Å². The molecule has 94 valence electrons. The first-order chi connectivity index (χ1) is 7.70. The lowest BCUT2D eigenvalue weighted by molar-refractivity contribution is -0.141. The summed E-state index contributed by atoms with van der Waals surface area (Å²) in [5.41, 5.74) is 0. The number of esters is 1. The quantitative estimate of drug-likeness (QED) is 0.318. The number of unbranched alkanes of at least 4 members (excludes halogenated alkanes) is 3. The van der Waals surface area contributed by atoms with Crippen molar-refractivity contribution in [1.82, 2.24) is 0 Å². The van der Waals surface area contributed by atoms with Crippen molar-refractivity contribution in [1.29, 1.82) is 0 Å². The van der Waals surface area contributed by atoms with Gasteiger partial charge in [0.1, 0.15) is 0 Å². The van der Waals surface area contributed by atoms with Crippen molar-refractivity contribution in [3.8, 4) is 0 Å². The summed E-state index contributed by atoms with van der Waals surface area (Å²) >= 11 is 0. The van der Waals surface area contributed by atoms with Crippen molar-refractivity contribution in [2.75, 3.05) is 6.61 Å². The number of rotatable bonds is 10. The predicted octanol–water partition coefficient (Wildman–Crippen LogP) is 4.10. The van der Waals surface area contributed by atoms with E-state index in [-0.39, 0.29) is 5.97 Å². The summed E-state index contributed by atoms with van der Waals surface area (Å²) in [6.45, 7) is 8.13. The first-order valence-corrected chi connectivity index (χ1v) is 6.46. The molecule has 1 atom stereocenters. The Hall–Kier alpha value is -0.790. The smallest absolute Gasteiger partial charge is 0.302 e. The van der Waals surface area contributed by atoms with E-state index in [4.69, 9.17) is 4.74 Å². The molecule has 2 heteroatoms. The molecule has 1 unspecified atom stereocenters. The Kier molecular flexibility index (Phi) is 10.2. The Bertz CT molecular complexity index is 187. The molecule has 0 aromatic carbocycles. The molecule has 0 aromatic heterocycles. The molecule has 0 heterocycles. The zero-order valence-electron chi connectivity index (χ0n) is 10.8. The Labute approximate surface area is 100 Å². The first kappa shape index (κ1) is 15.2. The van der Waals surface area contributed by atoms with Gasteiger partial charge in [-0.05, 0) is 25.2 Å². The van der Waals surface area contributed by atoms with Crippen LogP contribution in [-0.4, -0.2) is 12.6 Å². The summed E-state index contributed by atoms with van der Waals surface area (Å²) in [6, 6.07) is 0. The minimum atomic E-state index is -0.174. The van der Waals surface area contributed by atoms with Gasteiger partial charge < -0.3 is 4.74 Å². The minimum absolute atomic E-state index is 0.174. The predicted molar refractivity (Wildman–Crippen MR) is 68.3 cm³/mol. The molecule has 0 aromatic rings. The second-order valence-corrected chi connectivity index (χ2v) is 4.33. The fourth-order valence-corrected chi connectivity index (χ4v) is 1.75. The van der Waals surface area contributed by atoms with Crippen LogP contribution in [0.2, 0.25) is 0 Å². The van der Waals surface area contributed by atoms with Crippen molar-refractivity contribution in [3.63, 3.8) is 0 Å². The third-order valence-corrected chi connectivity index (χ3v) is 2.79. The van der Waals surface area contributed by atoms with E-state index in [1.165, 1.54) is 39.0 Å². The molecule has 0 saturated carbocycles. The fourth-order valence-electron chi connectivity index (χ4n) is 1.75. The lowest BCUT2D eigenvalue weighted by atomic mass is 9.96. The van der Waals surface area contributed by atoms with Gasteiger partial charge in [-0.2, -0.15) is 0 Å². The summed E-state index contributed by atoms with van der Waals surface area (Å²) < 4.78 is 4.88. The Morgan fingerprint density at radius 3 is 2.50 bits per heavy atom. The van der Waals surface area contributed by atoms with Crippen LogP contribution in [0.1, 0.15) is 58.8 Å². The molecule has 0 amide bonds. The fraction of sp³-hybridized carbons (Fsp3) is 0.786. The van der Waals surface area contributed by atoms with Crippen LogP contribution in [0.15, 0.2) is 12.7 Å². The number of hydrogen-bond donors (Lipinski definition) is 0. The van der Waals surface area contributed by atoms with Gasteiger partial charge in [-0.1, -0.05) is 38.7 Å².